The Morgan fingerprint density at radius 1 is 1.07 bits per heavy atom. The molecular weight excluding hydrogens is 384 g/mol. The SMILES string of the molecule is Cc1ccc(CCC(=O)N(Cc2cccc(Cl)c2)[C@@H](C)C(=O)NC(C)(C)C)cc1. The van der Waals surface area contributed by atoms with Gasteiger partial charge in [-0.25, -0.2) is 0 Å². The van der Waals surface area contributed by atoms with E-state index in [4.69, 9.17) is 11.6 Å². The molecule has 2 rings (SSSR count). The van der Waals surface area contributed by atoms with Gasteiger partial charge >= 0.3 is 0 Å². The molecule has 0 bridgehead atoms. The minimum atomic E-state index is -0.585. The predicted octanol–water partition coefficient (Wildman–Crippen LogP) is 4.91. The molecule has 156 valence electrons. The van der Waals surface area contributed by atoms with Crippen LogP contribution in [0.4, 0.5) is 0 Å². The molecular formula is C24H31ClN2O2. The summed E-state index contributed by atoms with van der Waals surface area (Å²) in [5.74, 6) is -0.217. The molecule has 0 aromatic heterocycles. The molecule has 0 unspecified atom stereocenters. The van der Waals surface area contributed by atoms with Crippen molar-refractivity contribution in [3.63, 3.8) is 0 Å². The third-order valence-electron chi connectivity index (χ3n) is 4.66. The van der Waals surface area contributed by atoms with Gasteiger partial charge in [-0.05, 0) is 64.3 Å². The van der Waals surface area contributed by atoms with Crippen molar-refractivity contribution in [2.24, 2.45) is 0 Å². The van der Waals surface area contributed by atoms with E-state index in [1.807, 2.05) is 70.2 Å². The average molecular weight is 415 g/mol. The lowest BCUT2D eigenvalue weighted by Gasteiger charge is -2.31. The van der Waals surface area contributed by atoms with Crippen molar-refractivity contribution in [2.45, 2.75) is 65.6 Å². The fourth-order valence-corrected chi connectivity index (χ4v) is 3.25. The topological polar surface area (TPSA) is 49.4 Å². The molecule has 2 aromatic rings. The molecule has 0 heterocycles. The second-order valence-electron chi connectivity index (χ2n) is 8.55. The first kappa shape index (κ1) is 23.0. The molecule has 0 saturated heterocycles. The molecule has 0 radical (unpaired) electrons. The van der Waals surface area contributed by atoms with Crippen LogP contribution in [0.15, 0.2) is 48.5 Å². The number of rotatable bonds is 7. The van der Waals surface area contributed by atoms with Gasteiger partial charge in [0.25, 0.3) is 0 Å². The summed E-state index contributed by atoms with van der Waals surface area (Å²) in [7, 11) is 0. The van der Waals surface area contributed by atoms with E-state index in [0.29, 0.717) is 24.4 Å². The molecule has 2 aromatic carbocycles. The molecule has 1 N–H and O–H groups in total. The van der Waals surface area contributed by atoms with Gasteiger partial charge < -0.3 is 10.2 Å². The molecule has 0 aliphatic heterocycles. The zero-order chi connectivity index (χ0) is 21.6. The van der Waals surface area contributed by atoms with Gasteiger partial charge in [-0.2, -0.15) is 0 Å². The molecule has 1 atom stereocenters. The smallest absolute Gasteiger partial charge is 0.242 e. The third kappa shape index (κ3) is 7.54. The third-order valence-corrected chi connectivity index (χ3v) is 4.89. The molecule has 0 saturated carbocycles. The van der Waals surface area contributed by atoms with Crippen molar-refractivity contribution in [1.82, 2.24) is 10.2 Å². The van der Waals surface area contributed by atoms with E-state index in [1.165, 1.54) is 5.56 Å². The Labute approximate surface area is 179 Å². The fraction of sp³-hybridized carbons (Fsp3) is 0.417. The van der Waals surface area contributed by atoms with Crippen LogP contribution in [0.5, 0.6) is 0 Å². The van der Waals surface area contributed by atoms with E-state index in [1.54, 1.807) is 17.9 Å². The monoisotopic (exact) mass is 414 g/mol. The van der Waals surface area contributed by atoms with Crippen LogP contribution >= 0.6 is 11.6 Å². The van der Waals surface area contributed by atoms with Crippen LogP contribution in [0, 0.1) is 6.92 Å². The van der Waals surface area contributed by atoms with E-state index in [9.17, 15) is 9.59 Å². The van der Waals surface area contributed by atoms with E-state index in [-0.39, 0.29) is 17.4 Å². The quantitative estimate of drug-likeness (QED) is 0.699. The maximum atomic E-state index is 13.1. The number of nitrogens with one attached hydrogen (secondary N) is 1. The van der Waals surface area contributed by atoms with Gasteiger partial charge in [0, 0.05) is 23.5 Å². The van der Waals surface area contributed by atoms with Crippen molar-refractivity contribution in [3.8, 4) is 0 Å². The molecule has 29 heavy (non-hydrogen) atoms. The highest BCUT2D eigenvalue weighted by atomic mass is 35.5. The van der Waals surface area contributed by atoms with Crippen molar-refractivity contribution in [1.29, 1.82) is 0 Å². The number of halogens is 1. The zero-order valence-corrected chi connectivity index (χ0v) is 18.7. The Hall–Kier alpha value is -2.33. The molecule has 0 spiro atoms. The summed E-state index contributed by atoms with van der Waals surface area (Å²) in [5, 5.41) is 3.58. The highest BCUT2D eigenvalue weighted by Crippen LogP contribution is 2.17. The summed E-state index contributed by atoms with van der Waals surface area (Å²) in [6.45, 7) is 9.94. The molecule has 5 heteroatoms. The first-order chi connectivity index (χ1) is 13.5. The van der Waals surface area contributed by atoms with Gasteiger partial charge in [0.1, 0.15) is 6.04 Å². The fourth-order valence-electron chi connectivity index (χ4n) is 3.04. The van der Waals surface area contributed by atoms with Crippen LogP contribution in [0.1, 0.15) is 50.8 Å². The number of carbonyl (C=O) groups excluding carboxylic acids is 2. The van der Waals surface area contributed by atoms with Gasteiger partial charge in [0.05, 0.1) is 0 Å². The molecule has 0 fully saturated rings. The summed E-state index contributed by atoms with van der Waals surface area (Å²) in [5.41, 5.74) is 2.84. The van der Waals surface area contributed by atoms with Crippen LogP contribution in [0.2, 0.25) is 5.02 Å². The lowest BCUT2D eigenvalue weighted by atomic mass is 10.1. The standard InChI is InChI=1S/C24H31ClN2O2/c1-17-9-11-19(12-10-17)13-14-22(28)27(16-20-7-6-8-21(25)15-20)18(2)23(29)26-24(3,4)5/h6-12,15,18H,13-14,16H2,1-5H3,(H,26,29)/t18-/m0/s1. The number of aryl methyl sites for hydroxylation is 2. The van der Waals surface area contributed by atoms with Crippen molar-refractivity contribution < 1.29 is 9.59 Å². The highest BCUT2D eigenvalue weighted by molar-refractivity contribution is 6.30. The summed E-state index contributed by atoms with van der Waals surface area (Å²) >= 11 is 6.11. The number of amides is 2. The van der Waals surface area contributed by atoms with Crippen LogP contribution in [0.25, 0.3) is 0 Å². The van der Waals surface area contributed by atoms with Crippen molar-refractivity contribution >= 4 is 23.4 Å². The minimum absolute atomic E-state index is 0.0536. The average Bonchev–Trinajstić information content (AvgIpc) is 2.63. The number of carbonyl (C=O) groups is 2. The Morgan fingerprint density at radius 2 is 1.72 bits per heavy atom. The summed E-state index contributed by atoms with van der Waals surface area (Å²) < 4.78 is 0. The Bertz CT molecular complexity index is 841. The zero-order valence-electron chi connectivity index (χ0n) is 18.0. The summed E-state index contributed by atoms with van der Waals surface area (Å²) in [6, 6.07) is 15.0. The number of hydrogen-bond acceptors (Lipinski definition) is 2. The van der Waals surface area contributed by atoms with Crippen molar-refractivity contribution in [2.75, 3.05) is 0 Å². The van der Waals surface area contributed by atoms with Crippen LogP contribution in [-0.4, -0.2) is 28.3 Å². The highest BCUT2D eigenvalue weighted by Gasteiger charge is 2.28. The Balaban J connectivity index is 2.16. The number of nitrogens with zero attached hydrogens (tertiary/aromatic N) is 1. The van der Waals surface area contributed by atoms with E-state index in [2.05, 4.69) is 5.32 Å². The molecule has 0 aliphatic rings. The first-order valence-corrected chi connectivity index (χ1v) is 10.3. The maximum absolute atomic E-state index is 13.1. The molecule has 0 aliphatic carbocycles. The van der Waals surface area contributed by atoms with Crippen LogP contribution in [-0.2, 0) is 22.6 Å². The molecule has 2 amide bonds. The number of hydrogen-bond donors (Lipinski definition) is 1. The van der Waals surface area contributed by atoms with Crippen LogP contribution < -0.4 is 5.32 Å². The second-order valence-corrected chi connectivity index (χ2v) is 8.99. The maximum Gasteiger partial charge on any atom is 0.242 e. The molecule has 4 nitrogen and oxygen atoms in total. The van der Waals surface area contributed by atoms with E-state index < -0.39 is 6.04 Å². The Morgan fingerprint density at radius 3 is 2.31 bits per heavy atom. The first-order valence-electron chi connectivity index (χ1n) is 9.96. The van der Waals surface area contributed by atoms with Gasteiger partial charge in [-0.15, -0.1) is 0 Å². The summed E-state index contributed by atoms with van der Waals surface area (Å²) in [4.78, 5) is 27.5. The minimum Gasteiger partial charge on any atom is -0.350 e. The van der Waals surface area contributed by atoms with E-state index in [0.717, 1.165) is 11.1 Å². The lowest BCUT2D eigenvalue weighted by Crippen LogP contribution is -2.52. The van der Waals surface area contributed by atoms with E-state index >= 15 is 0 Å². The van der Waals surface area contributed by atoms with Gasteiger partial charge in [0.15, 0.2) is 0 Å². The van der Waals surface area contributed by atoms with Gasteiger partial charge in [0.2, 0.25) is 11.8 Å². The predicted molar refractivity (Wildman–Crippen MR) is 119 cm³/mol. The second kappa shape index (κ2) is 9.93. The van der Waals surface area contributed by atoms with Crippen LogP contribution in [0.3, 0.4) is 0 Å². The van der Waals surface area contributed by atoms with Crippen molar-refractivity contribution in [3.05, 3.63) is 70.2 Å². The lowest BCUT2D eigenvalue weighted by molar-refractivity contribution is -0.141. The van der Waals surface area contributed by atoms with Gasteiger partial charge in [-0.3, -0.25) is 9.59 Å². The van der Waals surface area contributed by atoms with Gasteiger partial charge in [-0.1, -0.05) is 53.6 Å². The summed E-state index contributed by atoms with van der Waals surface area (Å²) in [6.07, 6.45) is 0.982. The number of benzene rings is 2. The Kier molecular flexibility index (Phi) is 7.86. The largest absolute Gasteiger partial charge is 0.350 e. The normalized spacial score (nSPS) is 12.3.